The number of ether oxygens (including phenoxy) is 2. The van der Waals surface area contributed by atoms with E-state index >= 15 is 0 Å². The Kier molecular flexibility index (Phi) is 4.70. The normalized spacial score (nSPS) is 12.1. The summed E-state index contributed by atoms with van der Waals surface area (Å²) in [5.41, 5.74) is 1.37. The maximum absolute atomic E-state index is 13.6. The zero-order valence-electron chi connectivity index (χ0n) is 12.0. The molecule has 0 radical (unpaired) electrons. The zero-order chi connectivity index (χ0) is 15.6. The van der Waals surface area contributed by atoms with Crippen LogP contribution in [0.2, 0.25) is 5.02 Å². The average Bonchev–Trinajstić information content (AvgIpc) is 2.49. The third-order valence-electron chi connectivity index (χ3n) is 3.31. The number of aryl methyl sites for hydroxylation is 1. The van der Waals surface area contributed by atoms with Crippen LogP contribution < -0.4 is 9.47 Å². The van der Waals surface area contributed by atoms with E-state index < -0.39 is 6.10 Å². The van der Waals surface area contributed by atoms with Crippen LogP contribution in [0.3, 0.4) is 0 Å². The third-order valence-corrected chi connectivity index (χ3v) is 3.64. The lowest BCUT2D eigenvalue weighted by Gasteiger charge is -2.17. The molecule has 0 aliphatic heterocycles. The van der Waals surface area contributed by atoms with Gasteiger partial charge in [-0.1, -0.05) is 23.7 Å². The second-order valence-corrected chi connectivity index (χ2v) is 5.05. The molecule has 0 fully saturated rings. The van der Waals surface area contributed by atoms with Gasteiger partial charge in [-0.2, -0.15) is 0 Å². The highest BCUT2D eigenvalue weighted by atomic mass is 35.5. The fourth-order valence-electron chi connectivity index (χ4n) is 2.04. The van der Waals surface area contributed by atoms with Gasteiger partial charge in [0.05, 0.1) is 19.2 Å². The van der Waals surface area contributed by atoms with Crippen molar-refractivity contribution in [1.29, 1.82) is 0 Å². The van der Waals surface area contributed by atoms with E-state index in [-0.39, 0.29) is 5.82 Å². The molecule has 5 heteroatoms. The molecule has 1 atom stereocenters. The maximum Gasteiger partial charge on any atom is 0.162 e. The summed E-state index contributed by atoms with van der Waals surface area (Å²) in [4.78, 5) is 0. The molecular weight excluding hydrogens is 295 g/mol. The number of aliphatic hydroxyl groups excluding tert-OH is 1. The predicted molar refractivity (Wildman–Crippen MR) is 79.8 cm³/mol. The second-order valence-electron chi connectivity index (χ2n) is 4.64. The predicted octanol–water partition coefficient (Wildman–Crippen LogP) is 3.89. The Labute approximate surface area is 127 Å². The van der Waals surface area contributed by atoms with Crippen molar-refractivity contribution in [3.05, 3.63) is 57.9 Å². The van der Waals surface area contributed by atoms with Crippen molar-refractivity contribution in [3.63, 3.8) is 0 Å². The number of hydrogen-bond donors (Lipinski definition) is 1. The largest absolute Gasteiger partial charge is 0.493 e. The van der Waals surface area contributed by atoms with Gasteiger partial charge in [0.15, 0.2) is 11.5 Å². The van der Waals surface area contributed by atoms with Gasteiger partial charge in [0.1, 0.15) is 11.9 Å². The lowest BCUT2D eigenvalue weighted by molar-refractivity contribution is 0.219. The van der Waals surface area contributed by atoms with Gasteiger partial charge in [0.25, 0.3) is 0 Å². The summed E-state index contributed by atoms with van der Waals surface area (Å²) >= 11 is 6.16. The van der Waals surface area contributed by atoms with Gasteiger partial charge in [-0.25, -0.2) is 4.39 Å². The van der Waals surface area contributed by atoms with Gasteiger partial charge in [0.2, 0.25) is 0 Å². The third kappa shape index (κ3) is 3.12. The van der Waals surface area contributed by atoms with E-state index in [9.17, 15) is 9.50 Å². The van der Waals surface area contributed by atoms with E-state index in [1.165, 1.54) is 20.3 Å². The van der Waals surface area contributed by atoms with Crippen LogP contribution in [0.5, 0.6) is 11.5 Å². The Balaban J connectivity index is 2.47. The quantitative estimate of drug-likeness (QED) is 0.931. The van der Waals surface area contributed by atoms with E-state index in [0.29, 0.717) is 33.2 Å². The van der Waals surface area contributed by atoms with E-state index in [4.69, 9.17) is 21.1 Å². The van der Waals surface area contributed by atoms with Crippen molar-refractivity contribution < 1.29 is 19.0 Å². The lowest BCUT2D eigenvalue weighted by atomic mass is 9.99. The highest BCUT2D eigenvalue weighted by molar-refractivity contribution is 6.31. The molecule has 2 aromatic carbocycles. The van der Waals surface area contributed by atoms with E-state index in [1.807, 2.05) is 0 Å². The van der Waals surface area contributed by atoms with E-state index in [2.05, 4.69) is 0 Å². The molecule has 2 rings (SSSR count). The van der Waals surface area contributed by atoms with Crippen molar-refractivity contribution in [2.45, 2.75) is 13.0 Å². The minimum atomic E-state index is -1.05. The smallest absolute Gasteiger partial charge is 0.162 e. The molecule has 0 amide bonds. The minimum absolute atomic E-state index is 0.320. The van der Waals surface area contributed by atoms with Gasteiger partial charge in [-0.15, -0.1) is 0 Å². The average molecular weight is 311 g/mol. The number of hydrogen-bond acceptors (Lipinski definition) is 3. The highest BCUT2D eigenvalue weighted by Crippen LogP contribution is 2.37. The van der Waals surface area contributed by atoms with Crippen molar-refractivity contribution in [1.82, 2.24) is 0 Å². The molecule has 0 heterocycles. The molecule has 0 aliphatic carbocycles. The molecule has 0 saturated carbocycles. The second kappa shape index (κ2) is 6.33. The zero-order valence-corrected chi connectivity index (χ0v) is 12.7. The first kappa shape index (κ1) is 15.6. The molecule has 0 spiro atoms. The maximum atomic E-state index is 13.6. The molecule has 112 valence electrons. The van der Waals surface area contributed by atoms with Crippen molar-refractivity contribution in [3.8, 4) is 11.5 Å². The molecule has 0 saturated heterocycles. The molecule has 1 unspecified atom stereocenters. The fraction of sp³-hybridized carbons (Fsp3) is 0.250. The van der Waals surface area contributed by atoms with Gasteiger partial charge in [-0.3, -0.25) is 0 Å². The fourth-order valence-corrected chi connectivity index (χ4v) is 2.30. The first-order chi connectivity index (χ1) is 9.97. The van der Waals surface area contributed by atoms with Gasteiger partial charge < -0.3 is 14.6 Å². The van der Waals surface area contributed by atoms with E-state index in [0.717, 1.165) is 0 Å². The highest BCUT2D eigenvalue weighted by Gasteiger charge is 2.18. The summed E-state index contributed by atoms with van der Waals surface area (Å²) in [5, 5.41) is 10.7. The number of benzene rings is 2. The molecule has 2 aromatic rings. The molecule has 0 aromatic heterocycles. The van der Waals surface area contributed by atoms with Gasteiger partial charge in [-0.05, 0) is 30.2 Å². The summed E-state index contributed by atoms with van der Waals surface area (Å²) < 4.78 is 24.0. The Morgan fingerprint density at radius 3 is 2.29 bits per heavy atom. The lowest BCUT2D eigenvalue weighted by Crippen LogP contribution is -2.03. The van der Waals surface area contributed by atoms with Crippen LogP contribution in [0.25, 0.3) is 0 Å². The molecule has 0 bridgehead atoms. The number of aliphatic hydroxyl groups is 1. The van der Waals surface area contributed by atoms with Crippen LogP contribution in [0.1, 0.15) is 22.8 Å². The van der Waals surface area contributed by atoms with Crippen molar-refractivity contribution >= 4 is 11.6 Å². The number of halogens is 2. The van der Waals surface area contributed by atoms with Crippen molar-refractivity contribution in [2.24, 2.45) is 0 Å². The topological polar surface area (TPSA) is 38.7 Å². The molecule has 0 aliphatic rings. The Hall–Kier alpha value is -1.78. The summed E-state index contributed by atoms with van der Waals surface area (Å²) in [6, 6.07) is 7.72. The standard InChI is InChI=1S/C16H16ClFO3/c1-9-4-5-10(6-13(9)18)16(19)11-7-14(20-2)15(21-3)8-12(11)17/h4-8,16,19H,1-3H3. The van der Waals surface area contributed by atoms with Crippen LogP contribution in [0.15, 0.2) is 30.3 Å². The van der Waals surface area contributed by atoms with Crippen LogP contribution >= 0.6 is 11.6 Å². The summed E-state index contributed by atoms with van der Waals surface area (Å²) in [6.45, 7) is 1.66. The van der Waals surface area contributed by atoms with Gasteiger partial charge in [0, 0.05) is 11.6 Å². The summed E-state index contributed by atoms with van der Waals surface area (Å²) in [5.74, 6) is 0.542. The number of rotatable bonds is 4. The Morgan fingerprint density at radius 2 is 1.71 bits per heavy atom. The van der Waals surface area contributed by atoms with Crippen LogP contribution in [0, 0.1) is 12.7 Å². The van der Waals surface area contributed by atoms with Crippen LogP contribution in [-0.2, 0) is 0 Å². The van der Waals surface area contributed by atoms with Crippen LogP contribution in [0.4, 0.5) is 4.39 Å². The van der Waals surface area contributed by atoms with E-state index in [1.54, 1.807) is 31.2 Å². The summed E-state index contributed by atoms with van der Waals surface area (Å²) in [6.07, 6.45) is -1.05. The van der Waals surface area contributed by atoms with Crippen molar-refractivity contribution in [2.75, 3.05) is 14.2 Å². The monoisotopic (exact) mass is 310 g/mol. The minimum Gasteiger partial charge on any atom is -0.493 e. The molecule has 1 N–H and O–H groups in total. The first-order valence-corrected chi connectivity index (χ1v) is 6.71. The Bertz CT molecular complexity index is 658. The number of methoxy groups -OCH3 is 2. The summed E-state index contributed by atoms with van der Waals surface area (Å²) in [7, 11) is 2.99. The van der Waals surface area contributed by atoms with Gasteiger partial charge >= 0.3 is 0 Å². The SMILES string of the molecule is COc1cc(Cl)c(C(O)c2ccc(C)c(F)c2)cc1OC. The molecule has 3 nitrogen and oxygen atoms in total. The van der Waals surface area contributed by atoms with Crippen LogP contribution in [-0.4, -0.2) is 19.3 Å². The molecular formula is C16H16ClFO3. The molecule has 21 heavy (non-hydrogen) atoms. The Morgan fingerprint density at radius 1 is 1.10 bits per heavy atom. The first-order valence-electron chi connectivity index (χ1n) is 6.33.